The summed E-state index contributed by atoms with van der Waals surface area (Å²) in [4.78, 5) is 11.5. The molecule has 0 atom stereocenters. The Bertz CT molecular complexity index is 361. The number of ether oxygens (including phenoxy) is 1. The molecule has 0 amide bonds. The van der Waals surface area contributed by atoms with E-state index in [1.165, 1.54) is 12.1 Å². The monoisotopic (exact) mass is 209 g/mol. The maximum atomic E-state index is 11.5. The van der Waals surface area contributed by atoms with Crippen LogP contribution in [0.4, 0.5) is 5.69 Å². The van der Waals surface area contributed by atoms with Crippen molar-refractivity contribution in [1.29, 1.82) is 0 Å². The van der Waals surface area contributed by atoms with Crippen LogP contribution in [0.3, 0.4) is 0 Å². The average molecular weight is 209 g/mol. The summed E-state index contributed by atoms with van der Waals surface area (Å²) in [5.74, 6) is -0.335. The fourth-order valence-corrected chi connectivity index (χ4v) is 1.05. The van der Waals surface area contributed by atoms with Crippen molar-refractivity contribution in [2.45, 2.75) is 13.8 Å². The molecule has 0 heterocycles. The lowest BCUT2D eigenvalue weighted by molar-refractivity contribution is 0.0460. The van der Waals surface area contributed by atoms with Crippen LogP contribution in [0.5, 0.6) is 5.75 Å². The summed E-state index contributed by atoms with van der Waals surface area (Å²) in [6, 6.07) is 4.50. The summed E-state index contributed by atoms with van der Waals surface area (Å²) in [7, 11) is 0. The minimum atomic E-state index is -0.503. The molecule has 0 aromatic heterocycles. The van der Waals surface area contributed by atoms with Crippen molar-refractivity contribution >= 4 is 11.7 Å². The predicted molar refractivity (Wildman–Crippen MR) is 57.6 cm³/mol. The number of phenolic OH excluding ortho intramolecular Hbond substituents is 1. The maximum absolute atomic E-state index is 11.5. The van der Waals surface area contributed by atoms with Crippen LogP contribution in [0.1, 0.15) is 24.2 Å². The molecule has 1 aromatic rings. The van der Waals surface area contributed by atoms with Gasteiger partial charge in [-0.05, 0) is 18.1 Å². The van der Waals surface area contributed by atoms with Crippen LogP contribution >= 0.6 is 0 Å². The van der Waals surface area contributed by atoms with Gasteiger partial charge in [-0.2, -0.15) is 0 Å². The highest BCUT2D eigenvalue weighted by Crippen LogP contribution is 2.23. The average Bonchev–Trinajstić information content (AvgIpc) is 2.18. The van der Waals surface area contributed by atoms with Gasteiger partial charge in [-0.15, -0.1) is 0 Å². The molecule has 1 rings (SSSR count). The Labute approximate surface area is 88.7 Å². The van der Waals surface area contributed by atoms with Crippen molar-refractivity contribution in [1.82, 2.24) is 0 Å². The number of nitrogens with two attached hydrogens (primary N) is 1. The first-order valence-corrected chi connectivity index (χ1v) is 4.77. The van der Waals surface area contributed by atoms with Gasteiger partial charge < -0.3 is 15.6 Å². The number of carbonyl (C=O) groups is 1. The molecule has 0 saturated heterocycles. The van der Waals surface area contributed by atoms with Crippen LogP contribution in [0.25, 0.3) is 0 Å². The summed E-state index contributed by atoms with van der Waals surface area (Å²) in [5.41, 5.74) is 5.80. The summed E-state index contributed by atoms with van der Waals surface area (Å²) in [5, 5.41) is 9.29. The summed E-state index contributed by atoms with van der Waals surface area (Å²) in [6.07, 6.45) is 0. The van der Waals surface area contributed by atoms with Crippen molar-refractivity contribution in [3.63, 3.8) is 0 Å². The molecule has 0 bridgehead atoms. The molecule has 82 valence electrons. The lowest BCUT2D eigenvalue weighted by atomic mass is 10.1. The van der Waals surface area contributed by atoms with Crippen molar-refractivity contribution in [2.24, 2.45) is 5.92 Å². The van der Waals surface area contributed by atoms with Crippen LogP contribution in [0.15, 0.2) is 18.2 Å². The van der Waals surface area contributed by atoms with Gasteiger partial charge in [-0.25, -0.2) is 4.79 Å². The first-order valence-electron chi connectivity index (χ1n) is 4.77. The molecule has 0 aliphatic rings. The van der Waals surface area contributed by atoms with Crippen molar-refractivity contribution in [3.05, 3.63) is 23.8 Å². The molecule has 0 aliphatic carbocycles. The van der Waals surface area contributed by atoms with Gasteiger partial charge in [0, 0.05) is 0 Å². The van der Waals surface area contributed by atoms with Crippen LogP contribution in [0.2, 0.25) is 0 Å². The van der Waals surface area contributed by atoms with Crippen molar-refractivity contribution < 1.29 is 14.6 Å². The highest BCUT2D eigenvalue weighted by Gasteiger charge is 2.13. The SMILES string of the molecule is CC(C)COC(=O)c1cccc(O)c1N. The fraction of sp³-hybridized carbons (Fsp3) is 0.364. The lowest BCUT2D eigenvalue weighted by Crippen LogP contribution is -2.12. The molecular weight excluding hydrogens is 194 g/mol. The Morgan fingerprint density at radius 2 is 2.20 bits per heavy atom. The smallest absolute Gasteiger partial charge is 0.340 e. The van der Waals surface area contributed by atoms with E-state index >= 15 is 0 Å². The number of anilines is 1. The van der Waals surface area contributed by atoms with Crippen LogP contribution < -0.4 is 5.73 Å². The van der Waals surface area contributed by atoms with Gasteiger partial charge >= 0.3 is 5.97 Å². The number of para-hydroxylation sites is 1. The topological polar surface area (TPSA) is 72.5 Å². The standard InChI is InChI=1S/C11H15NO3/c1-7(2)6-15-11(14)8-4-3-5-9(13)10(8)12/h3-5,7,13H,6,12H2,1-2H3. The molecule has 0 radical (unpaired) electrons. The molecule has 0 unspecified atom stereocenters. The zero-order valence-electron chi connectivity index (χ0n) is 8.86. The van der Waals surface area contributed by atoms with E-state index in [9.17, 15) is 9.90 Å². The second-order valence-corrected chi connectivity index (χ2v) is 3.73. The second-order valence-electron chi connectivity index (χ2n) is 3.73. The minimum Gasteiger partial charge on any atom is -0.506 e. The molecule has 1 aromatic carbocycles. The van der Waals surface area contributed by atoms with Crippen molar-refractivity contribution in [2.75, 3.05) is 12.3 Å². The zero-order chi connectivity index (χ0) is 11.4. The number of hydrogen-bond acceptors (Lipinski definition) is 4. The molecule has 0 spiro atoms. The van der Waals surface area contributed by atoms with E-state index in [4.69, 9.17) is 10.5 Å². The lowest BCUT2D eigenvalue weighted by Gasteiger charge is -2.09. The van der Waals surface area contributed by atoms with Gasteiger partial charge in [0.2, 0.25) is 0 Å². The van der Waals surface area contributed by atoms with Gasteiger partial charge in [0.05, 0.1) is 17.9 Å². The van der Waals surface area contributed by atoms with Gasteiger partial charge in [0.1, 0.15) is 5.75 Å². The first kappa shape index (κ1) is 11.4. The number of nitrogen functional groups attached to an aromatic ring is 1. The van der Waals surface area contributed by atoms with Crippen LogP contribution in [-0.2, 0) is 4.74 Å². The van der Waals surface area contributed by atoms with Gasteiger partial charge in [0.15, 0.2) is 0 Å². The van der Waals surface area contributed by atoms with E-state index in [1.807, 2.05) is 13.8 Å². The zero-order valence-corrected chi connectivity index (χ0v) is 8.86. The van der Waals surface area contributed by atoms with Crippen LogP contribution in [-0.4, -0.2) is 17.7 Å². The van der Waals surface area contributed by atoms with Crippen molar-refractivity contribution in [3.8, 4) is 5.75 Å². The van der Waals surface area contributed by atoms with E-state index in [0.717, 1.165) is 0 Å². The third-order valence-electron chi connectivity index (χ3n) is 1.85. The Morgan fingerprint density at radius 3 is 2.80 bits per heavy atom. The highest BCUT2D eigenvalue weighted by atomic mass is 16.5. The first-order chi connectivity index (χ1) is 7.02. The van der Waals surface area contributed by atoms with Gasteiger partial charge in [-0.1, -0.05) is 19.9 Å². The van der Waals surface area contributed by atoms with Gasteiger partial charge in [0.25, 0.3) is 0 Å². The Morgan fingerprint density at radius 1 is 1.53 bits per heavy atom. The Hall–Kier alpha value is -1.71. The van der Waals surface area contributed by atoms with E-state index in [0.29, 0.717) is 6.61 Å². The number of carbonyl (C=O) groups excluding carboxylic acids is 1. The van der Waals surface area contributed by atoms with E-state index in [2.05, 4.69) is 0 Å². The number of rotatable bonds is 3. The number of benzene rings is 1. The molecule has 0 aliphatic heterocycles. The number of hydrogen-bond donors (Lipinski definition) is 2. The number of phenols is 1. The third-order valence-corrected chi connectivity index (χ3v) is 1.85. The minimum absolute atomic E-state index is 0.0613. The maximum Gasteiger partial charge on any atom is 0.340 e. The Kier molecular flexibility index (Phi) is 3.55. The third kappa shape index (κ3) is 2.87. The van der Waals surface area contributed by atoms with E-state index in [-0.39, 0.29) is 22.9 Å². The Balaban J connectivity index is 2.78. The second kappa shape index (κ2) is 4.68. The molecule has 0 saturated carbocycles. The normalized spacial score (nSPS) is 10.3. The molecule has 4 nitrogen and oxygen atoms in total. The quantitative estimate of drug-likeness (QED) is 0.452. The molecule has 4 heteroatoms. The largest absolute Gasteiger partial charge is 0.506 e. The van der Waals surface area contributed by atoms with E-state index < -0.39 is 5.97 Å². The van der Waals surface area contributed by atoms with Crippen LogP contribution in [0, 0.1) is 5.92 Å². The molecular formula is C11H15NO3. The fourth-order valence-electron chi connectivity index (χ4n) is 1.05. The number of aromatic hydroxyl groups is 1. The van der Waals surface area contributed by atoms with E-state index in [1.54, 1.807) is 6.07 Å². The summed E-state index contributed by atoms with van der Waals surface area (Å²) in [6.45, 7) is 4.23. The highest BCUT2D eigenvalue weighted by molar-refractivity contribution is 5.96. The molecule has 15 heavy (non-hydrogen) atoms. The van der Waals surface area contributed by atoms with Gasteiger partial charge in [-0.3, -0.25) is 0 Å². The molecule has 0 fully saturated rings. The molecule has 3 N–H and O–H groups in total. The summed E-state index contributed by atoms with van der Waals surface area (Å²) >= 11 is 0. The number of esters is 1. The summed E-state index contributed by atoms with van der Waals surface area (Å²) < 4.78 is 5.00. The predicted octanol–water partition coefficient (Wildman–Crippen LogP) is 1.79.